The minimum atomic E-state index is 0.224. The van der Waals surface area contributed by atoms with E-state index in [2.05, 4.69) is 30.5 Å². The van der Waals surface area contributed by atoms with Crippen molar-refractivity contribution in [3.63, 3.8) is 0 Å². The lowest BCUT2D eigenvalue weighted by Gasteiger charge is -2.57. The molecule has 138 valence electrons. The van der Waals surface area contributed by atoms with Crippen molar-refractivity contribution in [3.05, 3.63) is 11.6 Å². The number of hydrogen-bond acceptors (Lipinski definition) is 3. The SMILES string of the molecule is CC12CCC(S)CC1=CCC1C2CCC2(C)/C(=N/NC(N)=S)CCC12. The summed E-state index contributed by atoms with van der Waals surface area (Å²) < 4.78 is 0. The first-order valence-electron chi connectivity index (χ1n) is 9.84. The van der Waals surface area contributed by atoms with Crippen molar-refractivity contribution in [1.29, 1.82) is 0 Å². The number of allylic oxidation sites excluding steroid dienone is 2. The van der Waals surface area contributed by atoms with Gasteiger partial charge in [-0.05, 0) is 86.8 Å². The molecule has 3 N–H and O–H groups in total. The number of nitrogens with two attached hydrogens (primary N) is 1. The van der Waals surface area contributed by atoms with Gasteiger partial charge in [0.25, 0.3) is 0 Å². The van der Waals surface area contributed by atoms with Crippen LogP contribution in [0.3, 0.4) is 0 Å². The molecule has 3 nitrogen and oxygen atoms in total. The normalized spacial score (nSPS) is 47.5. The summed E-state index contributed by atoms with van der Waals surface area (Å²) in [6, 6.07) is 0. The third-order valence-electron chi connectivity index (χ3n) is 8.12. The zero-order valence-electron chi connectivity index (χ0n) is 15.4. The quantitative estimate of drug-likeness (QED) is 0.274. The second-order valence-corrected chi connectivity index (χ2v) is 10.4. The molecule has 0 aromatic rings. The fourth-order valence-corrected chi connectivity index (χ4v) is 7.11. The van der Waals surface area contributed by atoms with E-state index in [1.165, 1.54) is 50.7 Å². The number of fused-ring (bicyclic) bond motifs is 5. The molecule has 0 bridgehead atoms. The van der Waals surface area contributed by atoms with E-state index in [1.807, 2.05) is 0 Å². The van der Waals surface area contributed by atoms with Crippen molar-refractivity contribution in [2.75, 3.05) is 0 Å². The third kappa shape index (κ3) is 2.77. The van der Waals surface area contributed by atoms with E-state index in [9.17, 15) is 0 Å². The molecule has 3 saturated carbocycles. The number of rotatable bonds is 1. The number of nitrogens with zero attached hydrogens (tertiary/aromatic N) is 1. The van der Waals surface area contributed by atoms with Gasteiger partial charge in [0.2, 0.25) is 0 Å². The summed E-state index contributed by atoms with van der Waals surface area (Å²) in [6.07, 6.45) is 12.6. The summed E-state index contributed by atoms with van der Waals surface area (Å²) in [5, 5.41) is 5.44. The van der Waals surface area contributed by atoms with Gasteiger partial charge in [0.05, 0.1) is 0 Å². The van der Waals surface area contributed by atoms with Crippen molar-refractivity contribution < 1.29 is 0 Å². The lowest BCUT2D eigenvalue weighted by atomic mass is 9.48. The van der Waals surface area contributed by atoms with E-state index in [0.717, 1.165) is 24.2 Å². The Bertz CT molecular complexity index is 643. The number of thiocarbonyl (C=S) groups is 1. The smallest absolute Gasteiger partial charge is 0.184 e. The Kier molecular flexibility index (Phi) is 4.47. The van der Waals surface area contributed by atoms with Crippen LogP contribution >= 0.6 is 24.8 Å². The summed E-state index contributed by atoms with van der Waals surface area (Å²) in [6.45, 7) is 4.99. The molecular weight excluding hydrogens is 346 g/mol. The van der Waals surface area contributed by atoms with Crippen molar-refractivity contribution in [3.8, 4) is 0 Å². The van der Waals surface area contributed by atoms with Crippen LogP contribution in [0.4, 0.5) is 0 Å². The maximum atomic E-state index is 5.59. The average Bonchev–Trinajstić information content (AvgIpc) is 2.90. The van der Waals surface area contributed by atoms with E-state index in [0.29, 0.717) is 10.7 Å². The van der Waals surface area contributed by atoms with Crippen molar-refractivity contribution in [1.82, 2.24) is 5.43 Å². The largest absolute Gasteiger partial charge is 0.375 e. The molecule has 5 heteroatoms. The van der Waals surface area contributed by atoms with Crippen molar-refractivity contribution >= 4 is 35.7 Å². The molecule has 0 aliphatic heterocycles. The number of nitrogens with one attached hydrogen (secondary N) is 1. The highest BCUT2D eigenvalue weighted by atomic mass is 32.1. The van der Waals surface area contributed by atoms with Crippen LogP contribution in [0.1, 0.15) is 65.2 Å². The van der Waals surface area contributed by atoms with Crippen molar-refractivity contribution in [2.45, 2.75) is 70.5 Å². The lowest BCUT2D eigenvalue weighted by molar-refractivity contribution is -0.00568. The number of hydrogen-bond donors (Lipinski definition) is 3. The summed E-state index contributed by atoms with van der Waals surface area (Å²) in [5.74, 6) is 2.40. The summed E-state index contributed by atoms with van der Waals surface area (Å²) in [4.78, 5) is 0. The Morgan fingerprint density at radius 1 is 1.24 bits per heavy atom. The Labute approximate surface area is 162 Å². The molecule has 0 spiro atoms. The molecule has 4 aliphatic carbocycles. The van der Waals surface area contributed by atoms with Gasteiger partial charge in [-0.1, -0.05) is 25.5 Å². The Morgan fingerprint density at radius 3 is 2.72 bits per heavy atom. The van der Waals surface area contributed by atoms with Gasteiger partial charge in [0.1, 0.15) is 0 Å². The highest BCUT2D eigenvalue weighted by molar-refractivity contribution is 7.81. The predicted molar refractivity (Wildman–Crippen MR) is 112 cm³/mol. The van der Waals surface area contributed by atoms with Gasteiger partial charge in [-0.15, -0.1) is 0 Å². The molecule has 6 unspecified atom stereocenters. The third-order valence-corrected chi connectivity index (χ3v) is 8.65. The highest BCUT2D eigenvalue weighted by Crippen LogP contribution is 2.64. The number of hydrazone groups is 1. The highest BCUT2D eigenvalue weighted by Gasteiger charge is 2.57. The minimum Gasteiger partial charge on any atom is -0.375 e. The Balaban J connectivity index is 1.62. The van der Waals surface area contributed by atoms with E-state index in [-0.39, 0.29) is 10.5 Å². The molecule has 4 aliphatic rings. The van der Waals surface area contributed by atoms with Crippen molar-refractivity contribution in [2.24, 2.45) is 39.4 Å². The van der Waals surface area contributed by atoms with Gasteiger partial charge in [-0.25, -0.2) is 0 Å². The fraction of sp³-hybridized carbons (Fsp3) is 0.800. The van der Waals surface area contributed by atoms with Gasteiger partial charge in [-0.2, -0.15) is 17.7 Å². The van der Waals surface area contributed by atoms with E-state index < -0.39 is 0 Å². The minimum absolute atomic E-state index is 0.224. The first-order chi connectivity index (χ1) is 11.8. The summed E-state index contributed by atoms with van der Waals surface area (Å²) in [5.41, 5.74) is 12.1. The standard InChI is InChI=1S/C20H31N3S2/c1-19-9-7-13(24)11-12(19)3-4-14-15-5-6-17(22-23-18(21)25)20(15,2)10-8-16(14)19/h3,13-16,24H,4-11H2,1-2H3,(H3,21,23,25)/b22-17+. The molecule has 4 rings (SSSR count). The Hall–Kier alpha value is -0.550. The summed E-state index contributed by atoms with van der Waals surface area (Å²) >= 11 is 9.71. The summed E-state index contributed by atoms with van der Waals surface area (Å²) in [7, 11) is 0. The second kappa shape index (κ2) is 6.26. The molecule has 6 atom stereocenters. The van der Waals surface area contributed by atoms with E-state index in [1.54, 1.807) is 5.57 Å². The lowest BCUT2D eigenvalue weighted by Crippen LogP contribution is -2.50. The van der Waals surface area contributed by atoms with Crippen LogP contribution in [0.5, 0.6) is 0 Å². The van der Waals surface area contributed by atoms with Crippen LogP contribution in [0, 0.1) is 28.6 Å². The van der Waals surface area contributed by atoms with Crippen LogP contribution in [0.15, 0.2) is 16.8 Å². The van der Waals surface area contributed by atoms with Gasteiger partial charge in [-0.3, -0.25) is 5.43 Å². The van der Waals surface area contributed by atoms with Crippen LogP contribution in [-0.4, -0.2) is 16.1 Å². The van der Waals surface area contributed by atoms with Crippen LogP contribution in [0.25, 0.3) is 0 Å². The topological polar surface area (TPSA) is 50.4 Å². The van der Waals surface area contributed by atoms with E-state index in [4.69, 9.17) is 30.6 Å². The molecule has 3 fully saturated rings. The first-order valence-corrected chi connectivity index (χ1v) is 10.8. The Morgan fingerprint density at radius 2 is 1.96 bits per heavy atom. The maximum Gasteiger partial charge on any atom is 0.184 e. The van der Waals surface area contributed by atoms with Gasteiger partial charge in [0, 0.05) is 16.4 Å². The monoisotopic (exact) mass is 377 g/mol. The zero-order valence-corrected chi connectivity index (χ0v) is 17.1. The van der Waals surface area contributed by atoms with E-state index >= 15 is 0 Å². The van der Waals surface area contributed by atoms with Crippen LogP contribution in [0.2, 0.25) is 0 Å². The van der Waals surface area contributed by atoms with Gasteiger partial charge in [0.15, 0.2) is 5.11 Å². The van der Waals surface area contributed by atoms with Gasteiger partial charge < -0.3 is 5.73 Å². The first kappa shape index (κ1) is 17.8. The van der Waals surface area contributed by atoms with Crippen LogP contribution < -0.4 is 11.2 Å². The van der Waals surface area contributed by atoms with Crippen LogP contribution in [-0.2, 0) is 0 Å². The molecule has 25 heavy (non-hydrogen) atoms. The van der Waals surface area contributed by atoms with Gasteiger partial charge >= 0.3 is 0 Å². The predicted octanol–water partition coefficient (Wildman–Crippen LogP) is 4.44. The fourth-order valence-electron chi connectivity index (χ4n) is 6.74. The number of thiol groups is 1. The molecule has 0 amide bonds. The molecule has 0 aromatic heterocycles. The average molecular weight is 378 g/mol. The maximum absolute atomic E-state index is 5.59. The molecular formula is C20H31N3S2. The molecule has 0 heterocycles. The zero-order chi connectivity index (χ0) is 17.8. The second-order valence-electron chi connectivity index (χ2n) is 9.19. The molecule has 0 aromatic carbocycles. The molecule has 0 radical (unpaired) electrons. The molecule has 0 saturated heterocycles.